The van der Waals surface area contributed by atoms with E-state index in [0.717, 1.165) is 30.3 Å². The first-order valence-electron chi connectivity index (χ1n) is 7.00. The molecule has 0 radical (unpaired) electrons. The molecule has 4 nitrogen and oxygen atoms in total. The molecule has 0 atom stereocenters. The summed E-state index contributed by atoms with van der Waals surface area (Å²) in [5.74, 6) is 1.44. The number of benzene rings is 1. The smallest absolute Gasteiger partial charge is 0.121 e. The van der Waals surface area contributed by atoms with Crippen molar-refractivity contribution >= 4 is 5.69 Å². The number of aromatic nitrogens is 2. The van der Waals surface area contributed by atoms with Crippen LogP contribution in [0.2, 0.25) is 0 Å². The Labute approximate surface area is 120 Å². The molecule has 4 heteroatoms. The molecule has 20 heavy (non-hydrogen) atoms. The number of aryl methyl sites for hydroxylation is 2. The van der Waals surface area contributed by atoms with Crippen LogP contribution >= 0.6 is 0 Å². The minimum atomic E-state index is 0.532. The Bertz CT molecular complexity index is 561. The van der Waals surface area contributed by atoms with Gasteiger partial charge in [-0.2, -0.15) is 5.10 Å². The van der Waals surface area contributed by atoms with Crippen LogP contribution in [0.5, 0.6) is 5.75 Å². The largest absolute Gasteiger partial charge is 0.493 e. The molecule has 1 heterocycles. The maximum absolute atomic E-state index is 5.73. The summed E-state index contributed by atoms with van der Waals surface area (Å²) in [6, 6.07) is 8.08. The molecule has 0 bridgehead atoms. The normalized spacial score (nSPS) is 10.8. The van der Waals surface area contributed by atoms with E-state index in [1.165, 1.54) is 5.56 Å². The van der Waals surface area contributed by atoms with Gasteiger partial charge in [-0.15, -0.1) is 0 Å². The third-order valence-electron chi connectivity index (χ3n) is 3.02. The van der Waals surface area contributed by atoms with Gasteiger partial charge in [0.05, 0.1) is 12.3 Å². The molecule has 0 aliphatic heterocycles. The second kappa shape index (κ2) is 6.46. The highest BCUT2D eigenvalue weighted by Crippen LogP contribution is 2.19. The lowest BCUT2D eigenvalue weighted by molar-refractivity contribution is 0.271. The van der Waals surface area contributed by atoms with Gasteiger partial charge in [-0.05, 0) is 25.0 Å². The molecule has 2 rings (SSSR count). The number of nitrogens with one attached hydrogen (secondary N) is 1. The van der Waals surface area contributed by atoms with Gasteiger partial charge in [0.2, 0.25) is 0 Å². The molecule has 108 valence electrons. The van der Waals surface area contributed by atoms with E-state index in [1.807, 2.05) is 49.1 Å². The topological polar surface area (TPSA) is 39.1 Å². The van der Waals surface area contributed by atoms with Crippen LogP contribution < -0.4 is 10.1 Å². The Morgan fingerprint density at radius 1 is 1.35 bits per heavy atom. The fourth-order valence-electron chi connectivity index (χ4n) is 1.98. The first kappa shape index (κ1) is 14.4. The highest BCUT2D eigenvalue weighted by atomic mass is 16.5. The Morgan fingerprint density at radius 3 is 2.80 bits per heavy atom. The third kappa shape index (κ3) is 4.02. The second-order valence-electron chi connectivity index (χ2n) is 5.50. The zero-order valence-electron chi connectivity index (χ0n) is 12.7. The predicted octanol–water partition coefficient (Wildman–Crippen LogP) is 3.38. The molecule has 0 fully saturated rings. The number of ether oxygens (including phenoxy) is 1. The van der Waals surface area contributed by atoms with E-state index in [9.17, 15) is 0 Å². The summed E-state index contributed by atoms with van der Waals surface area (Å²) in [5.41, 5.74) is 3.34. The monoisotopic (exact) mass is 273 g/mol. The number of hydrogen-bond donors (Lipinski definition) is 1. The molecule has 0 saturated carbocycles. The van der Waals surface area contributed by atoms with E-state index in [2.05, 4.69) is 24.3 Å². The van der Waals surface area contributed by atoms with E-state index < -0.39 is 0 Å². The summed E-state index contributed by atoms with van der Waals surface area (Å²) < 4.78 is 7.57. The van der Waals surface area contributed by atoms with Gasteiger partial charge >= 0.3 is 0 Å². The summed E-state index contributed by atoms with van der Waals surface area (Å²) in [6.07, 6.45) is 2.04. The second-order valence-corrected chi connectivity index (χ2v) is 5.50. The number of nitrogens with zero attached hydrogens (tertiary/aromatic N) is 2. The van der Waals surface area contributed by atoms with Crippen molar-refractivity contribution in [3.8, 4) is 5.75 Å². The molecule has 0 aliphatic carbocycles. The highest BCUT2D eigenvalue weighted by Gasteiger charge is 2.03. The zero-order chi connectivity index (χ0) is 14.5. The van der Waals surface area contributed by atoms with Crippen molar-refractivity contribution < 1.29 is 4.74 Å². The van der Waals surface area contributed by atoms with Crippen LogP contribution in [-0.2, 0) is 13.6 Å². The Balaban J connectivity index is 1.96. The van der Waals surface area contributed by atoms with Crippen molar-refractivity contribution in [3.05, 3.63) is 41.7 Å². The van der Waals surface area contributed by atoms with Gasteiger partial charge < -0.3 is 10.1 Å². The van der Waals surface area contributed by atoms with Gasteiger partial charge in [0.1, 0.15) is 5.75 Å². The Hall–Kier alpha value is -1.97. The van der Waals surface area contributed by atoms with Crippen LogP contribution in [0.1, 0.15) is 25.1 Å². The van der Waals surface area contributed by atoms with Gasteiger partial charge in [-0.3, -0.25) is 4.68 Å². The van der Waals surface area contributed by atoms with Crippen molar-refractivity contribution in [2.75, 3.05) is 11.9 Å². The number of anilines is 1. The van der Waals surface area contributed by atoms with Gasteiger partial charge in [0, 0.05) is 37.1 Å². The summed E-state index contributed by atoms with van der Waals surface area (Å²) in [6.45, 7) is 7.83. The average Bonchev–Trinajstić information content (AvgIpc) is 2.73. The molecule has 0 amide bonds. The molecule has 0 aliphatic rings. The molecule has 0 unspecified atom stereocenters. The molecular formula is C16H23N3O. The zero-order valence-corrected chi connectivity index (χ0v) is 12.7. The lowest BCUT2D eigenvalue weighted by Gasteiger charge is -2.11. The molecule has 0 spiro atoms. The number of hydrogen-bond acceptors (Lipinski definition) is 3. The van der Waals surface area contributed by atoms with Crippen LogP contribution in [0, 0.1) is 12.8 Å². The first-order valence-corrected chi connectivity index (χ1v) is 7.00. The minimum absolute atomic E-state index is 0.532. The summed E-state index contributed by atoms with van der Waals surface area (Å²) in [4.78, 5) is 0. The third-order valence-corrected chi connectivity index (χ3v) is 3.02. The summed E-state index contributed by atoms with van der Waals surface area (Å²) in [7, 11) is 1.94. The van der Waals surface area contributed by atoms with E-state index >= 15 is 0 Å². The van der Waals surface area contributed by atoms with E-state index in [0.29, 0.717) is 5.92 Å². The fourth-order valence-corrected chi connectivity index (χ4v) is 1.98. The molecule has 2 aromatic rings. The maximum atomic E-state index is 5.73. The molecule has 1 aromatic carbocycles. The van der Waals surface area contributed by atoms with Crippen LogP contribution in [0.4, 0.5) is 5.69 Å². The predicted molar refractivity (Wildman–Crippen MR) is 82.0 cm³/mol. The van der Waals surface area contributed by atoms with Crippen molar-refractivity contribution in [2.45, 2.75) is 27.3 Å². The summed E-state index contributed by atoms with van der Waals surface area (Å²) >= 11 is 0. The molecule has 1 N–H and O–H groups in total. The molecule has 1 aromatic heterocycles. The summed E-state index contributed by atoms with van der Waals surface area (Å²) in [5, 5.41) is 7.75. The van der Waals surface area contributed by atoms with Crippen molar-refractivity contribution in [3.63, 3.8) is 0 Å². The standard InChI is InChI=1S/C16H23N3O/c1-12(2)11-20-16-7-5-6-15(8-16)17-9-14-10-19(4)18-13(14)3/h5-8,10,12,17H,9,11H2,1-4H3. The van der Waals surface area contributed by atoms with E-state index in [1.54, 1.807) is 0 Å². The maximum Gasteiger partial charge on any atom is 0.121 e. The van der Waals surface area contributed by atoms with Crippen molar-refractivity contribution in [1.29, 1.82) is 0 Å². The lowest BCUT2D eigenvalue weighted by Crippen LogP contribution is -2.05. The Morgan fingerprint density at radius 2 is 2.15 bits per heavy atom. The van der Waals surface area contributed by atoms with Crippen LogP contribution in [0.15, 0.2) is 30.5 Å². The van der Waals surface area contributed by atoms with Gasteiger partial charge in [0.15, 0.2) is 0 Å². The van der Waals surface area contributed by atoms with Crippen LogP contribution in [0.3, 0.4) is 0 Å². The first-order chi connectivity index (χ1) is 9.54. The van der Waals surface area contributed by atoms with Gasteiger partial charge in [0.25, 0.3) is 0 Å². The van der Waals surface area contributed by atoms with Crippen molar-refractivity contribution in [2.24, 2.45) is 13.0 Å². The molecule has 0 saturated heterocycles. The lowest BCUT2D eigenvalue weighted by atomic mass is 10.2. The number of rotatable bonds is 6. The van der Waals surface area contributed by atoms with Gasteiger partial charge in [-0.25, -0.2) is 0 Å². The Kier molecular flexibility index (Phi) is 4.66. The van der Waals surface area contributed by atoms with E-state index in [-0.39, 0.29) is 0 Å². The van der Waals surface area contributed by atoms with Crippen LogP contribution in [-0.4, -0.2) is 16.4 Å². The fraction of sp³-hybridized carbons (Fsp3) is 0.438. The average molecular weight is 273 g/mol. The molecular weight excluding hydrogens is 250 g/mol. The van der Waals surface area contributed by atoms with Crippen molar-refractivity contribution in [1.82, 2.24) is 9.78 Å². The highest BCUT2D eigenvalue weighted by molar-refractivity contribution is 5.48. The van der Waals surface area contributed by atoms with E-state index in [4.69, 9.17) is 4.74 Å². The SMILES string of the molecule is Cc1nn(C)cc1CNc1cccc(OCC(C)C)c1. The van der Waals surface area contributed by atoms with Crippen LogP contribution in [0.25, 0.3) is 0 Å². The quantitative estimate of drug-likeness (QED) is 0.877. The minimum Gasteiger partial charge on any atom is -0.493 e. The van der Waals surface area contributed by atoms with Gasteiger partial charge in [-0.1, -0.05) is 19.9 Å².